The highest BCUT2D eigenvalue weighted by molar-refractivity contribution is 7.22. The first-order chi connectivity index (χ1) is 16.0. The minimum Gasteiger partial charge on any atom is -0.368 e. The van der Waals surface area contributed by atoms with E-state index in [1.54, 1.807) is 12.1 Å². The van der Waals surface area contributed by atoms with Crippen LogP contribution >= 0.6 is 11.3 Å². The van der Waals surface area contributed by atoms with Gasteiger partial charge in [0.1, 0.15) is 12.1 Å². The van der Waals surface area contributed by atoms with Crippen LogP contribution < -0.4 is 15.1 Å². The lowest BCUT2D eigenvalue weighted by Gasteiger charge is -2.36. The molecule has 33 heavy (non-hydrogen) atoms. The fraction of sp³-hybridized carbons (Fsp3) is 0.227. The molecule has 0 amide bonds. The third-order valence-corrected chi connectivity index (χ3v) is 6.46. The Morgan fingerprint density at radius 2 is 1.79 bits per heavy atom. The molecule has 4 aromatic rings. The summed E-state index contributed by atoms with van der Waals surface area (Å²) >= 11 is 1.41. The quantitative estimate of drug-likeness (QED) is 0.339. The van der Waals surface area contributed by atoms with Crippen LogP contribution in [0.1, 0.15) is 5.56 Å². The van der Waals surface area contributed by atoms with E-state index in [2.05, 4.69) is 25.2 Å². The Hall–Kier alpha value is -3.86. The predicted octanol–water partition coefficient (Wildman–Crippen LogP) is 4.51. The molecule has 2 aromatic carbocycles. The van der Waals surface area contributed by atoms with Gasteiger partial charge in [-0.05, 0) is 48.9 Å². The van der Waals surface area contributed by atoms with Crippen molar-refractivity contribution in [2.75, 3.05) is 41.3 Å². The molecule has 0 atom stereocenters. The zero-order valence-electron chi connectivity index (χ0n) is 17.7. The lowest BCUT2D eigenvalue weighted by molar-refractivity contribution is -0.383. The summed E-state index contributed by atoms with van der Waals surface area (Å²) in [7, 11) is 0. The maximum Gasteiger partial charge on any atom is 0.353 e. The minimum absolute atomic E-state index is 0.113. The number of piperazine rings is 1. The molecule has 0 saturated carbocycles. The Balaban J connectivity index is 1.39. The van der Waals surface area contributed by atoms with Crippen LogP contribution in [0, 0.1) is 22.9 Å². The summed E-state index contributed by atoms with van der Waals surface area (Å²) in [6.07, 6.45) is 1.33. The Bertz CT molecular complexity index is 1320. The molecular formula is C22H20FN7O2S. The topological polar surface area (TPSA) is 100 Å². The van der Waals surface area contributed by atoms with Crippen molar-refractivity contribution in [1.29, 1.82) is 0 Å². The van der Waals surface area contributed by atoms with Crippen molar-refractivity contribution in [3.05, 3.63) is 70.3 Å². The molecule has 3 heterocycles. The number of benzene rings is 2. The number of halogens is 1. The van der Waals surface area contributed by atoms with Gasteiger partial charge in [-0.2, -0.15) is 0 Å². The summed E-state index contributed by atoms with van der Waals surface area (Å²) in [5.41, 5.74) is 2.68. The van der Waals surface area contributed by atoms with Crippen LogP contribution in [0.4, 0.5) is 32.5 Å². The molecule has 0 spiro atoms. The molecule has 9 nitrogen and oxygen atoms in total. The van der Waals surface area contributed by atoms with Gasteiger partial charge in [-0.1, -0.05) is 17.4 Å². The van der Waals surface area contributed by atoms with E-state index in [0.717, 1.165) is 21.5 Å². The van der Waals surface area contributed by atoms with Crippen LogP contribution in [-0.4, -0.2) is 46.1 Å². The molecule has 5 rings (SSSR count). The number of rotatable bonds is 5. The fourth-order valence-corrected chi connectivity index (χ4v) is 4.84. The third-order valence-electron chi connectivity index (χ3n) is 5.53. The monoisotopic (exact) mass is 465 g/mol. The number of anilines is 4. The molecule has 1 N–H and O–H groups in total. The van der Waals surface area contributed by atoms with Crippen LogP contribution in [0.15, 0.2) is 48.8 Å². The van der Waals surface area contributed by atoms with Gasteiger partial charge in [0, 0.05) is 31.9 Å². The van der Waals surface area contributed by atoms with Gasteiger partial charge in [0.05, 0.1) is 15.1 Å². The van der Waals surface area contributed by atoms with Crippen molar-refractivity contribution in [2.24, 2.45) is 0 Å². The van der Waals surface area contributed by atoms with Crippen molar-refractivity contribution in [3.63, 3.8) is 0 Å². The molecule has 0 unspecified atom stereocenters. The molecule has 2 aromatic heterocycles. The van der Waals surface area contributed by atoms with Crippen LogP contribution in [0.5, 0.6) is 0 Å². The second-order valence-electron chi connectivity index (χ2n) is 7.72. The first kappa shape index (κ1) is 21.0. The number of nitro groups is 1. The molecule has 1 saturated heterocycles. The van der Waals surface area contributed by atoms with Gasteiger partial charge in [-0.25, -0.2) is 19.3 Å². The highest BCUT2D eigenvalue weighted by atomic mass is 32.1. The van der Waals surface area contributed by atoms with E-state index >= 15 is 0 Å². The number of thiazole rings is 1. The van der Waals surface area contributed by atoms with Crippen molar-refractivity contribution in [1.82, 2.24) is 15.0 Å². The molecule has 0 aliphatic carbocycles. The number of nitrogens with one attached hydrogen (secondary N) is 1. The molecular weight excluding hydrogens is 445 g/mol. The van der Waals surface area contributed by atoms with Gasteiger partial charge in [0.15, 0.2) is 5.13 Å². The zero-order chi connectivity index (χ0) is 22.9. The molecule has 11 heteroatoms. The van der Waals surface area contributed by atoms with E-state index < -0.39 is 4.92 Å². The van der Waals surface area contributed by atoms with Gasteiger partial charge in [0.2, 0.25) is 11.6 Å². The van der Waals surface area contributed by atoms with Crippen molar-refractivity contribution >= 4 is 49.7 Å². The molecule has 0 radical (unpaired) electrons. The molecule has 0 bridgehead atoms. The van der Waals surface area contributed by atoms with E-state index in [4.69, 9.17) is 0 Å². The smallest absolute Gasteiger partial charge is 0.353 e. The number of aryl methyl sites for hydroxylation is 1. The molecule has 1 aliphatic rings. The molecule has 1 aliphatic heterocycles. The van der Waals surface area contributed by atoms with Gasteiger partial charge in [-0.3, -0.25) is 10.1 Å². The van der Waals surface area contributed by atoms with E-state index in [1.165, 1.54) is 29.8 Å². The van der Waals surface area contributed by atoms with Crippen LogP contribution in [0.25, 0.3) is 10.2 Å². The highest BCUT2D eigenvalue weighted by Crippen LogP contribution is 2.36. The van der Waals surface area contributed by atoms with Crippen molar-refractivity contribution < 1.29 is 9.31 Å². The Morgan fingerprint density at radius 1 is 1.06 bits per heavy atom. The average Bonchev–Trinajstić information content (AvgIpc) is 3.20. The van der Waals surface area contributed by atoms with Gasteiger partial charge >= 0.3 is 5.69 Å². The number of hydrogen-bond donors (Lipinski definition) is 1. The number of nitrogens with zero attached hydrogens (tertiary/aromatic N) is 6. The Labute approximate surface area is 192 Å². The standard InChI is InChI=1S/C22H20FN7O2S/c1-14-2-7-17-18(12-14)33-22(26-17)27-20-19(30(31)32)21(25-13-24-20)29-10-8-28(9-11-29)16-5-3-15(23)4-6-16/h2-7,12-13H,8-11H2,1H3,(H,24,25,26,27). The summed E-state index contributed by atoms with van der Waals surface area (Å²) in [5, 5.41) is 15.6. The maximum absolute atomic E-state index is 13.2. The van der Waals surface area contributed by atoms with E-state index in [-0.39, 0.29) is 23.1 Å². The van der Waals surface area contributed by atoms with Gasteiger partial charge in [0.25, 0.3) is 0 Å². The maximum atomic E-state index is 13.2. The van der Waals surface area contributed by atoms with Crippen molar-refractivity contribution in [3.8, 4) is 0 Å². The lowest BCUT2D eigenvalue weighted by Crippen LogP contribution is -2.47. The summed E-state index contributed by atoms with van der Waals surface area (Å²) < 4.78 is 14.2. The Kier molecular flexibility index (Phi) is 5.47. The Morgan fingerprint density at radius 3 is 2.52 bits per heavy atom. The van der Waals surface area contributed by atoms with Crippen molar-refractivity contribution in [2.45, 2.75) is 6.92 Å². The number of hydrogen-bond acceptors (Lipinski definition) is 9. The fourth-order valence-electron chi connectivity index (χ4n) is 3.88. The highest BCUT2D eigenvalue weighted by Gasteiger charge is 2.30. The SMILES string of the molecule is Cc1ccc2nc(Nc3ncnc(N4CCN(c5ccc(F)cc5)CC4)c3[N+](=O)[O-])sc2c1. The largest absolute Gasteiger partial charge is 0.368 e. The van der Waals surface area contributed by atoms with E-state index in [1.807, 2.05) is 30.0 Å². The van der Waals surface area contributed by atoms with E-state index in [9.17, 15) is 14.5 Å². The lowest BCUT2D eigenvalue weighted by atomic mass is 10.2. The van der Waals surface area contributed by atoms with Crippen LogP contribution in [0.3, 0.4) is 0 Å². The second-order valence-corrected chi connectivity index (χ2v) is 8.75. The third kappa shape index (κ3) is 4.27. The average molecular weight is 466 g/mol. The first-order valence-corrected chi connectivity index (χ1v) is 11.2. The van der Waals surface area contributed by atoms with E-state index in [0.29, 0.717) is 31.3 Å². The number of aromatic nitrogens is 3. The van der Waals surface area contributed by atoms with Crippen LogP contribution in [-0.2, 0) is 0 Å². The first-order valence-electron chi connectivity index (χ1n) is 10.4. The summed E-state index contributed by atoms with van der Waals surface area (Å²) in [6.45, 7) is 4.34. The normalized spacial score (nSPS) is 14.0. The number of fused-ring (bicyclic) bond motifs is 1. The minimum atomic E-state index is -0.457. The summed E-state index contributed by atoms with van der Waals surface area (Å²) in [6, 6.07) is 12.3. The second kappa shape index (κ2) is 8.58. The van der Waals surface area contributed by atoms with Gasteiger partial charge in [-0.15, -0.1) is 0 Å². The summed E-state index contributed by atoms with van der Waals surface area (Å²) in [4.78, 5) is 28.4. The summed E-state index contributed by atoms with van der Waals surface area (Å²) in [5.74, 6) is 0.104. The predicted molar refractivity (Wildman–Crippen MR) is 127 cm³/mol. The van der Waals surface area contributed by atoms with Crippen LogP contribution in [0.2, 0.25) is 0 Å². The molecule has 168 valence electrons. The molecule has 1 fully saturated rings. The zero-order valence-corrected chi connectivity index (χ0v) is 18.5. The van der Waals surface area contributed by atoms with Gasteiger partial charge < -0.3 is 15.1 Å².